The number of hydrogen-bond acceptors (Lipinski definition) is 3. The fourth-order valence-electron chi connectivity index (χ4n) is 2.30. The van der Waals surface area contributed by atoms with Crippen molar-refractivity contribution in [2.75, 3.05) is 5.32 Å². The molecule has 3 N–H and O–H groups in total. The fraction of sp³-hybridized carbons (Fsp3) is 0.0625. The van der Waals surface area contributed by atoms with E-state index in [4.69, 9.17) is 12.2 Å². The maximum absolute atomic E-state index is 13.7. The molecule has 1 heterocycles. The highest BCUT2D eigenvalue weighted by Gasteiger charge is 2.14. The molecule has 0 radical (unpaired) electrons. The number of H-pyrrole nitrogens is 2. The Labute approximate surface area is 135 Å². The lowest BCUT2D eigenvalue weighted by atomic mass is 10.1. The first-order chi connectivity index (χ1) is 10.9. The molecule has 2 aromatic carbocycles. The van der Waals surface area contributed by atoms with Gasteiger partial charge in [-0.15, -0.1) is 0 Å². The van der Waals surface area contributed by atoms with Crippen LogP contribution in [0.4, 0.5) is 10.1 Å². The third kappa shape index (κ3) is 3.04. The van der Waals surface area contributed by atoms with Gasteiger partial charge in [0.15, 0.2) is 10.6 Å². The zero-order chi connectivity index (χ0) is 16.6. The minimum Gasteiger partial charge on any atom is -0.331 e. The number of anilines is 1. The Morgan fingerprint density at radius 2 is 1.96 bits per heavy atom. The van der Waals surface area contributed by atoms with E-state index in [0.29, 0.717) is 27.1 Å². The van der Waals surface area contributed by atoms with E-state index in [1.165, 1.54) is 13.0 Å². The van der Waals surface area contributed by atoms with Gasteiger partial charge in [0.25, 0.3) is 5.91 Å². The average molecular weight is 329 g/mol. The first kappa shape index (κ1) is 15.1. The minimum absolute atomic E-state index is 0.107. The van der Waals surface area contributed by atoms with Crippen molar-refractivity contribution >= 4 is 40.6 Å². The van der Waals surface area contributed by atoms with E-state index >= 15 is 0 Å². The van der Waals surface area contributed by atoms with Gasteiger partial charge in [-0.1, -0.05) is 12.1 Å². The van der Waals surface area contributed by atoms with Gasteiger partial charge in [0.05, 0.1) is 16.6 Å². The molecule has 0 aliphatic heterocycles. The third-order valence-electron chi connectivity index (χ3n) is 3.36. The third-order valence-corrected chi connectivity index (χ3v) is 3.57. The number of benzene rings is 2. The highest BCUT2D eigenvalue weighted by molar-refractivity contribution is 7.71. The molecule has 7 heteroatoms. The van der Waals surface area contributed by atoms with Gasteiger partial charge in [0, 0.05) is 11.3 Å². The lowest BCUT2D eigenvalue weighted by Gasteiger charge is -2.07. The summed E-state index contributed by atoms with van der Waals surface area (Å²) in [5, 5.41) is 2.66. The number of rotatable bonds is 3. The number of carbonyl (C=O) groups excluding carboxylic acids is 2. The van der Waals surface area contributed by atoms with Crippen LogP contribution in [0.25, 0.3) is 11.0 Å². The van der Waals surface area contributed by atoms with Crippen molar-refractivity contribution in [3.63, 3.8) is 0 Å². The number of aromatic nitrogens is 2. The topological polar surface area (TPSA) is 77.8 Å². The number of amides is 1. The van der Waals surface area contributed by atoms with Crippen molar-refractivity contribution in [1.82, 2.24) is 9.97 Å². The number of Topliss-reactive ketones (excluding diaryl/α,β-unsaturated/α-hetero) is 1. The van der Waals surface area contributed by atoms with Gasteiger partial charge in [-0.05, 0) is 43.4 Å². The van der Waals surface area contributed by atoms with Crippen LogP contribution in [0.15, 0.2) is 36.4 Å². The van der Waals surface area contributed by atoms with E-state index in [1.807, 2.05) is 0 Å². The number of imidazole rings is 1. The van der Waals surface area contributed by atoms with Crippen LogP contribution < -0.4 is 5.32 Å². The molecular weight excluding hydrogens is 317 g/mol. The summed E-state index contributed by atoms with van der Waals surface area (Å²) in [5.74, 6) is -1.16. The van der Waals surface area contributed by atoms with Crippen molar-refractivity contribution in [1.29, 1.82) is 0 Å². The fourth-order valence-corrected chi connectivity index (χ4v) is 2.51. The molecule has 23 heavy (non-hydrogen) atoms. The minimum atomic E-state index is -0.551. The van der Waals surface area contributed by atoms with Gasteiger partial charge < -0.3 is 15.3 Å². The summed E-state index contributed by atoms with van der Waals surface area (Å²) >= 11 is 4.98. The van der Waals surface area contributed by atoms with Crippen LogP contribution in [0.3, 0.4) is 0 Å². The molecule has 0 fully saturated rings. The lowest BCUT2D eigenvalue weighted by molar-refractivity contribution is 0.101. The van der Waals surface area contributed by atoms with Gasteiger partial charge in [0.1, 0.15) is 5.82 Å². The summed E-state index contributed by atoms with van der Waals surface area (Å²) in [5.41, 5.74) is 1.90. The Morgan fingerprint density at radius 3 is 2.70 bits per heavy atom. The normalized spacial score (nSPS) is 10.7. The van der Waals surface area contributed by atoms with E-state index in [2.05, 4.69) is 15.3 Å². The van der Waals surface area contributed by atoms with Gasteiger partial charge in [-0.25, -0.2) is 4.39 Å². The first-order valence-electron chi connectivity index (χ1n) is 6.78. The zero-order valence-corrected chi connectivity index (χ0v) is 12.9. The second kappa shape index (κ2) is 5.77. The van der Waals surface area contributed by atoms with Gasteiger partial charge >= 0.3 is 0 Å². The second-order valence-electron chi connectivity index (χ2n) is 5.05. The molecule has 1 aromatic heterocycles. The molecule has 116 valence electrons. The van der Waals surface area contributed by atoms with Crippen molar-refractivity contribution in [3.05, 3.63) is 58.1 Å². The van der Waals surface area contributed by atoms with E-state index in [9.17, 15) is 14.0 Å². The van der Waals surface area contributed by atoms with Crippen LogP contribution >= 0.6 is 12.2 Å². The first-order valence-corrected chi connectivity index (χ1v) is 7.19. The van der Waals surface area contributed by atoms with E-state index < -0.39 is 11.7 Å². The van der Waals surface area contributed by atoms with Gasteiger partial charge in [-0.2, -0.15) is 0 Å². The largest absolute Gasteiger partial charge is 0.331 e. The maximum atomic E-state index is 13.7. The standard InChI is InChI=1S/C16H12FN3O2S/c1-8(21)9-3-2-4-11(5-9)18-15(22)12-6-10(17)7-13-14(12)20-16(23)19-13/h2-7H,1H3,(H,18,22)(H2,19,20,23). The lowest BCUT2D eigenvalue weighted by Crippen LogP contribution is -2.13. The van der Waals surface area contributed by atoms with Crippen LogP contribution in [-0.2, 0) is 0 Å². The second-order valence-corrected chi connectivity index (χ2v) is 5.45. The zero-order valence-electron chi connectivity index (χ0n) is 12.1. The number of ketones is 1. The molecule has 0 bridgehead atoms. The summed E-state index contributed by atoms with van der Waals surface area (Å²) in [7, 11) is 0. The predicted octanol–water partition coefficient (Wildman–Crippen LogP) is 3.82. The van der Waals surface area contributed by atoms with Crippen molar-refractivity contribution in [2.45, 2.75) is 6.92 Å². The van der Waals surface area contributed by atoms with Crippen LogP contribution in [0, 0.1) is 10.6 Å². The summed E-state index contributed by atoms with van der Waals surface area (Å²) in [6, 6.07) is 8.93. The van der Waals surface area contributed by atoms with Crippen molar-refractivity contribution in [2.24, 2.45) is 0 Å². The molecule has 0 unspecified atom stereocenters. The molecule has 5 nitrogen and oxygen atoms in total. The summed E-state index contributed by atoms with van der Waals surface area (Å²) < 4.78 is 14.0. The quantitative estimate of drug-likeness (QED) is 0.505. The van der Waals surface area contributed by atoms with Crippen LogP contribution in [0.5, 0.6) is 0 Å². The Hall–Kier alpha value is -2.80. The maximum Gasteiger partial charge on any atom is 0.257 e. The molecule has 0 atom stereocenters. The smallest absolute Gasteiger partial charge is 0.257 e. The number of nitrogens with one attached hydrogen (secondary N) is 3. The molecule has 1 amide bonds. The van der Waals surface area contributed by atoms with E-state index in [0.717, 1.165) is 6.07 Å². The highest BCUT2D eigenvalue weighted by atomic mass is 32.1. The summed E-state index contributed by atoms with van der Waals surface area (Å²) in [6.45, 7) is 1.44. The van der Waals surface area contributed by atoms with Gasteiger partial charge in [0.2, 0.25) is 0 Å². The average Bonchev–Trinajstić information content (AvgIpc) is 2.86. The van der Waals surface area contributed by atoms with Crippen molar-refractivity contribution in [3.8, 4) is 0 Å². The molecule has 0 spiro atoms. The Kier molecular flexibility index (Phi) is 3.79. The summed E-state index contributed by atoms with van der Waals surface area (Å²) in [6.07, 6.45) is 0. The Morgan fingerprint density at radius 1 is 1.17 bits per heavy atom. The summed E-state index contributed by atoms with van der Waals surface area (Å²) in [4.78, 5) is 29.4. The molecule has 3 rings (SSSR count). The number of hydrogen-bond donors (Lipinski definition) is 3. The molecule has 3 aromatic rings. The van der Waals surface area contributed by atoms with Crippen molar-refractivity contribution < 1.29 is 14.0 Å². The number of fused-ring (bicyclic) bond motifs is 1. The monoisotopic (exact) mass is 329 g/mol. The molecule has 0 saturated heterocycles. The Bertz CT molecular complexity index is 990. The van der Waals surface area contributed by atoms with Gasteiger partial charge in [-0.3, -0.25) is 9.59 Å². The molecular formula is C16H12FN3O2S. The number of carbonyl (C=O) groups is 2. The molecule has 0 saturated carbocycles. The Balaban J connectivity index is 1.99. The number of halogens is 1. The van der Waals surface area contributed by atoms with Crippen LogP contribution in [0.1, 0.15) is 27.6 Å². The van der Waals surface area contributed by atoms with Crippen LogP contribution in [-0.4, -0.2) is 21.7 Å². The predicted molar refractivity (Wildman–Crippen MR) is 87.8 cm³/mol. The number of aromatic amines is 2. The molecule has 0 aliphatic rings. The van der Waals surface area contributed by atoms with E-state index in [1.54, 1.807) is 24.3 Å². The van der Waals surface area contributed by atoms with Crippen LogP contribution in [0.2, 0.25) is 0 Å². The molecule has 0 aliphatic carbocycles. The highest BCUT2D eigenvalue weighted by Crippen LogP contribution is 2.20. The van der Waals surface area contributed by atoms with E-state index in [-0.39, 0.29) is 11.3 Å². The SMILES string of the molecule is CC(=O)c1cccc(NC(=O)c2cc(F)cc3[nH]c(=S)[nH]c23)c1.